The van der Waals surface area contributed by atoms with Crippen LogP contribution >= 0.6 is 0 Å². The lowest BCUT2D eigenvalue weighted by atomic mass is 10.1. The number of fused-ring (bicyclic) bond motifs is 1. The molecule has 1 aliphatic heterocycles. The summed E-state index contributed by atoms with van der Waals surface area (Å²) in [5.41, 5.74) is 3.03. The van der Waals surface area contributed by atoms with Gasteiger partial charge in [0.15, 0.2) is 0 Å². The Morgan fingerprint density at radius 2 is 2.07 bits per heavy atom. The standard InChI is InChI=1S/C21H25N3O3/c1-14-13-22-10-7-20(14)27-15-8-11-24(12-9-15)21(26)23-18-6-5-17-16(18)3-2-4-19(17)25/h2-4,7,10,13,15,18,25H,5-6,8-9,11-12H2,1H3,(H,23,26). The number of aromatic hydroxyl groups is 1. The number of phenolic OH excluding ortho intramolecular Hbond substituents is 1. The molecular weight excluding hydrogens is 342 g/mol. The van der Waals surface area contributed by atoms with E-state index in [9.17, 15) is 9.90 Å². The van der Waals surface area contributed by atoms with Crippen LogP contribution in [0.25, 0.3) is 0 Å². The Hall–Kier alpha value is -2.76. The van der Waals surface area contributed by atoms with Gasteiger partial charge in [0.05, 0.1) is 6.04 Å². The van der Waals surface area contributed by atoms with Crippen LogP contribution in [0.3, 0.4) is 0 Å². The third-order valence-electron chi connectivity index (χ3n) is 5.54. The molecule has 1 aromatic heterocycles. The van der Waals surface area contributed by atoms with E-state index in [0.29, 0.717) is 18.8 Å². The highest BCUT2D eigenvalue weighted by Crippen LogP contribution is 2.36. The normalized spacial score (nSPS) is 19.6. The number of pyridine rings is 1. The van der Waals surface area contributed by atoms with E-state index in [-0.39, 0.29) is 18.2 Å². The van der Waals surface area contributed by atoms with Crippen molar-refractivity contribution in [3.8, 4) is 11.5 Å². The fourth-order valence-corrected chi connectivity index (χ4v) is 3.97. The van der Waals surface area contributed by atoms with Gasteiger partial charge in [0.25, 0.3) is 0 Å². The fraction of sp³-hybridized carbons (Fsp3) is 0.429. The zero-order valence-electron chi connectivity index (χ0n) is 15.5. The van der Waals surface area contributed by atoms with Gasteiger partial charge < -0.3 is 20.1 Å². The number of amides is 2. The summed E-state index contributed by atoms with van der Waals surface area (Å²) in [5.74, 6) is 1.20. The number of carbonyl (C=O) groups excluding carboxylic acids is 1. The van der Waals surface area contributed by atoms with E-state index in [2.05, 4.69) is 10.3 Å². The van der Waals surface area contributed by atoms with Crippen LogP contribution in [-0.4, -0.2) is 40.2 Å². The monoisotopic (exact) mass is 367 g/mol. The number of hydrogen-bond donors (Lipinski definition) is 2. The molecule has 2 aromatic rings. The molecule has 2 aliphatic rings. The van der Waals surface area contributed by atoms with Crippen molar-refractivity contribution in [3.63, 3.8) is 0 Å². The minimum atomic E-state index is -0.0327. The number of ether oxygens (including phenoxy) is 1. The zero-order chi connectivity index (χ0) is 18.8. The van der Waals surface area contributed by atoms with Gasteiger partial charge in [-0.05, 0) is 43.0 Å². The van der Waals surface area contributed by atoms with Crippen LogP contribution < -0.4 is 10.1 Å². The first kappa shape index (κ1) is 17.6. The van der Waals surface area contributed by atoms with Gasteiger partial charge >= 0.3 is 6.03 Å². The van der Waals surface area contributed by atoms with E-state index in [1.54, 1.807) is 18.5 Å². The molecule has 2 N–H and O–H groups in total. The number of aromatic nitrogens is 1. The second-order valence-electron chi connectivity index (χ2n) is 7.33. The predicted octanol–water partition coefficient (Wildman–Crippen LogP) is 3.34. The molecule has 1 atom stereocenters. The third kappa shape index (κ3) is 3.70. The molecule has 6 heteroatoms. The number of phenols is 1. The maximum Gasteiger partial charge on any atom is 0.317 e. The van der Waals surface area contributed by atoms with Crippen molar-refractivity contribution in [2.24, 2.45) is 0 Å². The predicted molar refractivity (Wildman–Crippen MR) is 102 cm³/mol. The molecule has 1 unspecified atom stereocenters. The first-order chi connectivity index (χ1) is 13.1. The minimum Gasteiger partial charge on any atom is -0.508 e. The summed E-state index contributed by atoms with van der Waals surface area (Å²) in [6.45, 7) is 3.35. The number of nitrogens with zero attached hydrogens (tertiary/aromatic N) is 2. The van der Waals surface area contributed by atoms with Crippen molar-refractivity contribution in [1.29, 1.82) is 0 Å². The summed E-state index contributed by atoms with van der Waals surface area (Å²) in [6, 6.07) is 7.37. The zero-order valence-corrected chi connectivity index (χ0v) is 15.5. The van der Waals surface area contributed by atoms with Crippen molar-refractivity contribution < 1.29 is 14.6 Å². The molecule has 1 fully saturated rings. The molecule has 0 bridgehead atoms. The average molecular weight is 367 g/mol. The summed E-state index contributed by atoms with van der Waals surface area (Å²) >= 11 is 0. The van der Waals surface area contributed by atoms with Crippen LogP contribution in [0.15, 0.2) is 36.7 Å². The molecule has 6 nitrogen and oxygen atoms in total. The van der Waals surface area contributed by atoms with Gasteiger partial charge in [0, 0.05) is 43.9 Å². The van der Waals surface area contributed by atoms with Gasteiger partial charge in [-0.3, -0.25) is 4.98 Å². The van der Waals surface area contributed by atoms with Gasteiger partial charge in [-0.2, -0.15) is 0 Å². The van der Waals surface area contributed by atoms with E-state index in [1.807, 2.05) is 30.0 Å². The number of piperidine rings is 1. The lowest BCUT2D eigenvalue weighted by Crippen LogP contribution is -2.47. The third-order valence-corrected chi connectivity index (χ3v) is 5.54. The molecule has 1 aliphatic carbocycles. The van der Waals surface area contributed by atoms with Gasteiger partial charge in [-0.25, -0.2) is 4.79 Å². The second kappa shape index (κ2) is 7.47. The van der Waals surface area contributed by atoms with Crippen LogP contribution in [0.4, 0.5) is 4.79 Å². The van der Waals surface area contributed by atoms with Crippen LogP contribution in [0, 0.1) is 6.92 Å². The van der Waals surface area contributed by atoms with E-state index in [4.69, 9.17) is 4.74 Å². The molecule has 1 aromatic carbocycles. The highest BCUT2D eigenvalue weighted by atomic mass is 16.5. The van der Waals surface area contributed by atoms with Crippen molar-refractivity contribution >= 4 is 6.03 Å². The van der Waals surface area contributed by atoms with Gasteiger partial charge in [0.2, 0.25) is 0 Å². The molecule has 2 heterocycles. The number of nitrogens with one attached hydrogen (secondary N) is 1. The lowest BCUT2D eigenvalue weighted by Gasteiger charge is -2.33. The largest absolute Gasteiger partial charge is 0.508 e. The first-order valence-corrected chi connectivity index (χ1v) is 9.55. The van der Waals surface area contributed by atoms with E-state index >= 15 is 0 Å². The molecule has 142 valence electrons. The minimum absolute atomic E-state index is 0.0203. The number of likely N-dealkylation sites (tertiary alicyclic amines) is 1. The SMILES string of the molecule is Cc1cnccc1OC1CCN(C(=O)NC2CCc3c(O)cccc32)CC1. The number of benzene rings is 1. The Kier molecular flexibility index (Phi) is 4.88. The van der Waals surface area contributed by atoms with Gasteiger partial charge in [0.1, 0.15) is 17.6 Å². The van der Waals surface area contributed by atoms with Crippen LogP contribution in [0.1, 0.15) is 42.0 Å². The van der Waals surface area contributed by atoms with E-state index in [0.717, 1.165) is 48.1 Å². The topological polar surface area (TPSA) is 74.7 Å². The number of rotatable bonds is 3. The Morgan fingerprint density at radius 1 is 1.26 bits per heavy atom. The highest BCUT2D eigenvalue weighted by Gasteiger charge is 2.29. The van der Waals surface area contributed by atoms with Crippen molar-refractivity contribution in [2.45, 2.75) is 44.8 Å². The highest BCUT2D eigenvalue weighted by molar-refractivity contribution is 5.75. The van der Waals surface area contributed by atoms with Crippen molar-refractivity contribution in [3.05, 3.63) is 53.3 Å². The number of urea groups is 1. The molecule has 2 amide bonds. The molecule has 4 rings (SSSR count). The van der Waals surface area contributed by atoms with Crippen LogP contribution in [-0.2, 0) is 6.42 Å². The fourth-order valence-electron chi connectivity index (χ4n) is 3.97. The molecule has 0 radical (unpaired) electrons. The number of aryl methyl sites for hydroxylation is 1. The molecule has 0 saturated carbocycles. The number of hydrogen-bond acceptors (Lipinski definition) is 4. The van der Waals surface area contributed by atoms with Gasteiger partial charge in [-0.1, -0.05) is 12.1 Å². The Balaban J connectivity index is 1.31. The van der Waals surface area contributed by atoms with Crippen molar-refractivity contribution in [2.75, 3.05) is 13.1 Å². The molecule has 1 saturated heterocycles. The van der Waals surface area contributed by atoms with E-state index in [1.165, 1.54) is 0 Å². The molecule has 0 spiro atoms. The summed E-state index contributed by atoms with van der Waals surface area (Å²) in [5, 5.41) is 13.1. The Morgan fingerprint density at radius 3 is 2.85 bits per heavy atom. The maximum atomic E-state index is 12.7. The smallest absolute Gasteiger partial charge is 0.317 e. The second-order valence-corrected chi connectivity index (χ2v) is 7.33. The van der Waals surface area contributed by atoms with Gasteiger partial charge in [-0.15, -0.1) is 0 Å². The Bertz CT molecular complexity index is 831. The average Bonchev–Trinajstić information content (AvgIpc) is 3.08. The van der Waals surface area contributed by atoms with Crippen molar-refractivity contribution in [1.82, 2.24) is 15.2 Å². The lowest BCUT2D eigenvalue weighted by molar-refractivity contribution is 0.109. The summed E-state index contributed by atoms with van der Waals surface area (Å²) < 4.78 is 6.08. The Labute approximate surface area is 159 Å². The maximum absolute atomic E-state index is 12.7. The first-order valence-electron chi connectivity index (χ1n) is 9.55. The quantitative estimate of drug-likeness (QED) is 0.873. The summed E-state index contributed by atoms with van der Waals surface area (Å²) in [7, 11) is 0. The molecule has 27 heavy (non-hydrogen) atoms. The molecular formula is C21H25N3O3. The summed E-state index contributed by atoms with van der Waals surface area (Å²) in [4.78, 5) is 18.6. The van der Waals surface area contributed by atoms with Crippen LogP contribution in [0.2, 0.25) is 0 Å². The van der Waals surface area contributed by atoms with Crippen LogP contribution in [0.5, 0.6) is 11.5 Å². The number of carbonyl (C=O) groups is 1. The summed E-state index contributed by atoms with van der Waals surface area (Å²) in [6.07, 6.45) is 6.93. The van der Waals surface area contributed by atoms with E-state index < -0.39 is 0 Å².